The van der Waals surface area contributed by atoms with Gasteiger partial charge in [0.1, 0.15) is 0 Å². The van der Waals surface area contributed by atoms with E-state index in [1.165, 1.54) is 32.1 Å². The molecule has 2 amide bonds. The van der Waals surface area contributed by atoms with Gasteiger partial charge in [-0.05, 0) is 68.6 Å². The van der Waals surface area contributed by atoms with Crippen molar-refractivity contribution in [3.05, 3.63) is 0 Å². The van der Waals surface area contributed by atoms with Gasteiger partial charge in [0.25, 0.3) is 0 Å². The number of carbonyl (C=O) groups is 2. The molecule has 6 rings (SSSR count). The van der Waals surface area contributed by atoms with Gasteiger partial charge in [0, 0.05) is 38.1 Å². The SMILES string of the molecule is O=C(CN1CCN(C(=O)C2C3CC4CC(C3)CC2C4)CC1)NC1CC1. The zero-order valence-electron chi connectivity index (χ0n) is 15.2. The molecule has 25 heavy (non-hydrogen) atoms. The van der Waals surface area contributed by atoms with Crippen molar-refractivity contribution < 1.29 is 9.59 Å². The van der Waals surface area contributed by atoms with Crippen LogP contribution in [0.25, 0.3) is 0 Å². The summed E-state index contributed by atoms with van der Waals surface area (Å²) in [6.45, 7) is 3.79. The van der Waals surface area contributed by atoms with Crippen LogP contribution in [0.5, 0.6) is 0 Å². The summed E-state index contributed by atoms with van der Waals surface area (Å²) in [5.74, 6) is 4.11. The molecule has 5 heteroatoms. The average molecular weight is 345 g/mol. The highest BCUT2D eigenvalue weighted by Crippen LogP contribution is 2.56. The monoisotopic (exact) mass is 345 g/mol. The van der Waals surface area contributed by atoms with E-state index in [2.05, 4.69) is 15.1 Å². The summed E-state index contributed by atoms with van der Waals surface area (Å²) < 4.78 is 0. The molecule has 1 N–H and O–H groups in total. The minimum absolute atomic E-state index is 0.156. The van der Waals surface area contributed by atoms with E-state index in [-0.39, 0.29) is 5.91 Å². The molecular weight excluding hydrogens is 314 g/mol. The number of hydrogen-bond donors (Lipinski definition) is 1. The number of hydrogen-bond acceptors (Lipinski definition) is 3. The number of piperazine rings is 1. The predicted octanol–water partition coefficient (Wildman–Crippen LogP) is 1.48. The Bertz CT molecular complexity index is 523. The largest absolute Gasteiger partial charge is 0.352 e. The van der Waals surface area contributed by atoms with E-state index in [0.29, 0.717) is 36.2 Å². The van der Waals surface area contributed by atoms with Gasteiger partial charge < -0.3 is 10.2 Å². The lowest BCUT2D eigenvalue weighted by Crippen LogP contribution is -2.56. The minimum Gasteiger partial charge on any atom is -0.352 e. The van der Waals surface area contributed by atoms with Crippen molar-refractivity contribution in [1.29, 1.82) is 0 Å². The second-order valence-electron chi connectivity index (χ2n) is 9.40. The maximum absolute atomic E-state index is 13.2. The van der Waals surface area contributed by atoms with Crippen LogP contribution in [0.1, 0.15) is 44.9 Å². The molecule has 0 aromatic rings. The van der Waals surface area contributed by atoms with Gasteiger partial charge in [0.05, 0.1) is 6.54 Å². The maximum Gasteiger partial charge on any atom is 0.234 e. The lowest BCUT2D eigenvalue weighted by Gasteiger charge is -2.54. The predicted molar refractivity (Wildman–Crippen MR) is 94.7 cm³/mol. The Balaban J connectivity index is 1.14. The van der Waals surface area contributed by atoms with Crippen LogP contribution in [0.3, 0.4) is 0 Å². The Kier molecular flexibility index (Phi) is 4.03. The summed E-state index contributed by atoms with van der Waals surface area (Å²) in [7, 11) is 0. The number of nitrogens with one attached hydrogen (secondary N) is 1. The molecule has 5 saturated carbocycles. The first-order valence-electron chi connectivity index (χ1n) is 10.5. The third-order valence-electron chi connectivity index (χ3n) is 7.51. The van der Waals surface area contributed by atoms with Crippen LogP contribution in [0.15, 0.2) is 0 Å². The summed E-state index contributed by atoms with van der Waals surface area (Å²) >= 11 is 0. The number of rotatable bonds is 4. The van der Waals surface area contributed by atoms with Crippen molar-refractivity contribution >= 4 is 11.8 Å². The molecule has 0 atom stereocenters. The Morgan fingerprint density at radius 3 is 2.00 bits per heavy atom. The fourth-order valence-corrected chi connectivity index (χ4v) is 6.37. The highest BCUT2D eigenvalue weighted by Gasteiger charge is 2.51. The van der Waals surface area contributed by atoms with Crippen LogP contribution >= 0.6 is 0 Å². The lowest BCUT2D eigenvalue weighted by molar-refractivity contribution is -0.150. The van der Waals surface area contributed by atoms with E-state index in [1.54, 1.807) is 0 Å². The Morgan fingerprint density at radius 1 is 0.840 bits per heavy atom. The molecule has 0 aromatic heterocycles. The summed E-state index contributed by atoms with van der Waals surface area (Å²) in [5, 5.41) is 3.06. The fraction of sp³-hybridized carbons (Fsp3) is 0.900. The van der Waals surface area contributed by atoms with Crippen molar-refractivity contribution in [1.82, 2.24) is 15.1 Å². The third-order valence-corrected chi connectivity index (χ3v) is 7.51. The van der Waals surface area contributed by atoms with E-state index in [0.717, 1.165) is 50.9 Å². The second-order valence-corrected chi connectivity index (χ2v) is 9.40. The molecule has 1 aliphatic heterocycles. The van der Waals surface area contributed by atoms with Crippen LogP contribution in [0.4, 0.5) is 0 Å². The quantitative estimate of drug-likeness (QED) is 0.840. The molecule has 6 aliphatic rings. The van der Waals surface area contributed by atoms with Gasteiger partial charge in [0.15, 0.2) is 0 Å². The molecule has 0 unspecified atom stereocenters. The number of nitrogens with zero attached hydrogens (tertiary/aromatic N) is 2. The van der Waals surface area contributed by atoms with Crippen LogP contribution < -0.4 is 5.32 Å². The highest BCUT2D eigenvalue weighted by molar-refractivity contribution is 5.80. The van der Waals surface area contributed by atoms with Crippen molar-refractivity contribution in [3.8, 4) is 0 Å². The Morgan fingerprint density at radius 2 is 1.44 bits per heavy atom. The second kappa shape index (κ2) is 6.26. The molecule has 6 fully saturated rings. The maximum atomic E-state index is 13.2. The van der Waals surface area contributed by atoms with Gasteiger partial charge in [-0.1, -0.05) is 0 Å². The van der Waals surface area contributed by atoms with Crippen molar-refractivity contribution in [2.75, 3.05) is 32.7 Å². The van der Waals surface area contributed by atoms with Gasteiger partial charge in [-0.25, -0.2) is 0 Å². The summed E-state index contributed by atoms with van der Waals surface area (Å²) in [4.78, 5) is 29.5. The van der Waals surface area contributed by atoms with Crippen LogP contribution in [-0.2, 0) is 9.59 Å². The molecule has 5 nitrogen and oxygen atoms in total. The topological polar surface area (TPSA) is 52.7 Å². The molecule has 1 saturated heterocycles. The fourth-order valence-electron chi connectivity index (χ4n) is 6.37. The molecule has 0 spiro atoms. The van der Waals surface area contributed by atoms with Crippen LogP contribution in [0, 0.1) is 29.6 Å². The third kappa shape index (κ3) is 3.20. The zero-order valence-corrected chi connectivity index (χ0v) is 15.2. The van der Waals surface area contributed by atoms with Crippen molar-refractivity contribution in [2.45, 2.75) is 51.0 Å². The normalized spacial score (nSPS) is 40.3. The summed E-state index contributed by atoms with van der Waals surface area (Å²) in [6, 6.07) is 0.437. The minimum atomic E-state index is 0.156. The summed E-state index contributed by atoms with van der Waals surface area (Å²) in [6.07, 6.45) is 8.96. The molecule has 5 aliphatic carbocycles. The van der Waals surface area contributed by atoms with Gasteiger partial charge in [-0.2, -0.15) is 0 Å². The van der Waals surface area contributed by atoms with Crippen LogP contribution in [0.2, 0.25) is 0 Å². The molecular formula is C20H31N3O2. The molecule has 0 radical (unpaired) electrons. The number of carbonyl (C=O) groups excluding carboxylic acids is 2. The Labute approximate surface area is 150 Å². The van der Waals surface area contributed by atoms with Gasteiger partial charge in [-0.3, -0.25) is 14.5 Å². The zero-order chi connectivity index (χ0) is 17.0. The first kappa shape index (κ1) is 16.1. The standard InChI is InChI=1S/C20H31N3O2/c24-18(21-17-1-2-17)12-22-3-5-23(6-4-22)20(25)19-15-8-13-7-14(10-15)11-16(19)9-13/h13-17,19H,1-12H2,(H,21,24). The van der Waals surface area contributed by atoms with Gasteiger partial charge >= 0.3 is 0 Å². The number of amides is 2. The van der Waals surface area contributed by atoms with E-state index >= 15 is 0 Å². The molecule has 138 valence electrons. The van der Waals surface area contributed by atoms with E-state index in [9.17, 15) is 9.59 Å². The smallest absolute Gasteiger partial charge is 0.234 e. The molecule has 1 heterocycles. The van der Waals surface area contributed by atoms with Gasteiger partial charge in [-0.15, -0.1) is 0 Å². The Hall–Kier alpha value is -1.10. The van der Waals surface area contributed by atoms with E-state index in [1.807, 2.05) is 0 Å². The first-order valence-corrected chi connectivity index (χ1v) is 10.5. The lowest BCUT2D eigenvalue weighted by atomic mass is 9.51. The first-order chi connectivity index (χ1) is 12.2. The van der Waals surface area contributed by atoms with Crippen molar-refractivity contribution in [2.24, 2.45) is 29.6 Å². The molecule has 4 bridgehead atoms. The average Bonchev–Trinajstić information content (AvgIpc) is 3.38. The van der Waals surface area contributed by atoms with E-state index in [4.69, 9.17) is 0 Å². The highest BCUT2D eigenvalue weighted by atomic mass is 16.2. The van der Waals surface area contributed by atoms with E-state index < -0.39 is 0 Å². The molecule has 0 aromatic carbocycles. The van der Waals surface area contributed by atoms with Crippen LogP contribution in [-0.4, -0.2) is 60.4 Å². The van der Waals surface area contributed by atoms with Gasteiger partial charge in [0.2, 0.25) is 11.8 Å². The summed E-state index contributed by atoms with van der Waals surface area (Å²) in [5.41, 5.74) is 0. The van der Waals surface area contributed by atoms with Crippen molar-refractivity contribution in [3.63, 3.8) is 0 Å².